The molecule has 3 aromatic rings. The van der Waals surface area contributed by atoms with Crippen molar-refractivity contribution in [2.45, 2.75) is 31.8 Å². The third-order valence-electron chi connectivity index (χ3n) is 3.85. The van der Waals surface area contributed by atoms with Crippen LogP contribution in [-0.2, 0) is 13.1 Å². The second-order valence-electron chi connectivity index (χ2n) is 5.44. The molecule has 21 heavy (non-hydrogen) atoms. The minimum atomic E-state index is -0.0110. The van der Waals surface area contributed by atoms with E-state index in [4.69, 9.17) is 0 Å². The molecule has 1 aliphatic carbocycles. The molecule has 0 saturated heterocycles. The fraction of sp³-hybridized carbons (Fsp3) is 0.333. The van der Waals surface area contributed by atoms with Crippen molar-refractivity contribution >= 4 is 10.9 Å². The van der Waals surface area contributed by atoms with E-state index in [1.54, 1.807) is 15.6 Å². The van der Waals surface area contributed by atoms with Gasteiger partial charge < -0.3 is 0 Å². The van der Waals surface area contributed by atoms with E-state index in [2.05, 4.69) is 15.3 Å². The summed E-state index contributed by atoms with van der Waals surface area (Å²) in [6.07, 6.45) is 6.01. The molecule has 0 spiro atoms. The molecule has 0 N–H and O–H groups in total. The predicted molar refractivity (Wildman–Crippen MR) is 78.0 cm³/mol. The van der Waals surface area contributed by atoms with Crippen LogP contribution in [0.1, 0.15) is 24.5 Å². The Bertz CT molecular complexity index is 846. The molecule has 0 amide bonds. The van der Waals surface area contributed by atoms with Crippen LogP contribution in [0.3, 0.4) is 0 Å². The van der Waals surface area contributed by atoms with Crippen LogP contribution in [0.4, 0.5) is 0 Å². The lowest BCUT2D eigenvalue weighted by Crippen LogP contribution is -2.23. The second kappa shape index (κ2) is 4.80. The van der Waals surface area contributed by atoms with E-state index < -0.39 is 0 Å². The van der Waals surface area contributed by atoms with Crippen molar-refractivity contribution in [3.8, 4) is 0 Å². The zero-order valence-electron chi connectivity index (χ0n) is 11.5. The SMILES string of the molecule is O=c1c2ccccc2ncn1CCn1cc(C2CC2)nn1. The molecule has 0 aliphatic heterocycles. The van der Waals surface area contributed by atoms with Crippen LogP contribution in [0.25, 0.3) is 10.9 Å². The van der Waals surface area contributed by atoms with Gasteiger partial charge in [0.2, 0.25) is 0 Å². The maximum atomic E-state index is 12.4. The van der Waals surface area contributed by atoms with Crippen LogP contribution >= 0.6 is 0 Å². The summed E-state index contributed by atoms with van der Waals surface area (Å²) in [4.78, 5) is 16.7. The molecule has 0 bridgehead atoms. The largest absolute Gasteiger partial charge is 0.297 e. The Hall–Kier alpha value is -2.50. The van der Waals surface area contributed by atoms with Gasteiger partial charge in [0.1, 0.15) is 0 Å². The monoisotopic (exact) mass is 281 g/mol. The Labute approximate surface area is 121 Å². The lowest BCUT2D eigenvalue weighted by Gasteiger charge is -2.06. The summed E-state index contributed by atoms with van der Waals surface area (Å²) in [5.74, 6) is 0.601. The highest BCUT2D eigenvalue weighted by Crippen LogP contribution is 2.38. The summed E-state index contributed by atoms with van der Waals surface area (Å²) in [6.45, 7) is 1.17. The molecule has 1 aliphatic rings. The number of nitrogens with zero attached hydrogens (tertiary/aromatic N) is 5. The van der Waals surface area contributed by atoms with Crippen molar-refractivity contribution in [3.05, 3.63) is 52.8 Å². The summed E-state index contributed by atoms with van der Waals surface area (Å²) in [5, 5.41) is 8.94. The smallest absolute Gasteiger partial charge is 0.261 e. The van der Waals surface area contributed by atoms with Crippen molar-refractivity contribution in [1.82, 2.24) is 24.5 Å². The zero-order valence-corrected chi connectivity index (χ0v) is 11.5. The van der Waals surface area contributed by atoms with Crippen molar-refractivity contribution in [2.24, 2.45) is 0 Å². The zero-order chi connectivity index (χ0) is 14.2. The van der Waals surface area contributed by atoms with E-state index >= 15 is 0 Å². The van der Waals surface area contributed by atoms with E-state index in [-0.39, 0.29) is 5.56 Å². The Kier molecular flexibility index (Phi) is 2.80. The van der Waals surface area contributed by atoms with E-state index in [9.17, 15) is 4.79 Å². The van der Waals surface area contributed by atoms with Crippen molar-refractivity contribution in [3.63, 3.8) is 0 Å². The number of fused-ring (bicyclic) bond motifs is 1. The van der Waals surface area contributed by atoms with Gasteiger partial charge in [-0.15, -0.1) is 5.10 Å². The van der Waals surface area contributed by atoms with Gasteiger partial charge in [0, 0.05) is 18.7 Å². The Morgan fingerprint density at radius 2 is 2.05 bits per heavy atom. The van der Waals surface area contributed by atoms with Crippen molar-refractivity contribution < 1.29 is 0 Å². The topological polar surface area (TPSA) is 65.6 Å². The minimum Gasteiger partial charge on any atom is -0.297 e. The summed E-state index contributed by atoms with van der Waals surface area (Å²) in [7, 11) is 0. The minimum absolute atomic E-state index is 0.0110. The molecule has 6 heteroatoms. The maximum absolute atomic E-state index is 12.4. The Balaban J connectivity index is 1.56. The fourth-order valence-corrected chi connectivity index (χ4v) is 2.46. The molecule has 2 heterocycles. The number of hydrogen-bond donors (Lipinski definition) is 0. The highest BCUT2D eigenvalue weighted by Gasteiger charge is 2.26. The van der Waals surface area contributed by atoms with Gasteiger partial charge >= 0.3 is 0 Å². The Morgan fingerprint density at radius 3 is 2.90 bits per heavy atom. The molecule has 106 valence electrons. The summed E-state index contributed by atoms with van der Waals surface area (Å²) in [5.41, 5.74) is 1.79. The molecule has 2 aromatic heterocycles. The number of hydrogen-bond acceptors (Lipinski definition) is 4. The average molecular weight is 281 g/mol. The first-order valence-electron chi connectivity index (χ1n) is 7.15. The van der Waals surface area contributed by atoms with Gasteiger partial charge in [-0.05, 0) is 25.0 Å². The normalized spacial score (nSPS) is 14.7. The maximum Gasteiger partial charge on any atom is 0.261 e. The van der Waals surface area contributed by atoms with Crippen molar-refractivity contribution in [1.29, 1.82) is 0 Å². The van der Waals surface area contributed by atoms with Gasteiger partial charge in [-0.1, -0.05) is 17.3 Å². The first-order valence-corrected chi connectivity index (χ1v) is 7.15. The van der Waals surface area contributed by atoms with Gasteiger partial charge in [0.05, 0.1) is 29.5 Å². The molecule has 1 fully saturated rings. The molecule has 0 atom stereocenters. The second-order valence-corrected chi connectivity index (χ2v) is 5.44. The van der Waals surface area contributed by atoms with Gasteiger partial charge in [0.25, 0.3) is 5.56 Å². The summed E-state index contributed by atoms with van der Waals surface area (Å²) in [6, 6.07) is 7.39. The molecule has 0 radical (unpaired) electrons. The summed E-state index contributed by atoms with van der Waals surface area (Å²) >= 11 is 0. The summed E-state index contributed by atoms with van der Waals surface area (Å²) < 4.78 is 3.43. The molecule has 0 unspecified atom stereocenters. The third-order valence-corrected chi connectivity index (χ3v) is 3.85. The highest BCUT2D eigenvalue weighted by molar-refractivity contribution is 5.76. The van der Waals surface area contributed by atoms with Crippen LogP contribution in [0.2, 0.25) is 0 Å². The standard InChI is InChI=1S/C15H15N5O/c21-15-12-3-1-2-4-13(12)16-10-19(15)7-8-20-9-14(17-18-20)11-5-6-11/h1-4,9-11H,5-8H2. The van der Waals surface area contributed by atoms with Gasteiger partial charge in [-0.2, -0.15) is 0 Å². The fourth-order valence-electron chi connectivity index (χ4n) is 2.46. The molecular weight excluding hydrogens is 266 g/mol. The lowest BCUT2D eigenvalue weighted by atomic mass is 10.2. The molecule has 1 saturated carbocycles. The van der Waals surface area contributed by atoms with Gasteiger partial charge in [0.15, 0.2) is 0 Å². The predicted octanol–water partition coefficient (Wildman–Crippen LogP) is 1.57. The van der Waals surface area contributed by atoms with Crippen LogP contribution in [0.5, 0.6) is 0 Å². The number of benzene rings is 1. The quantitative estimate of drug-likeness (QED) is 0.728. The molecule has 6 nitrogen and oxygen atoms in total. The van der Waals surface area contributed by atoms with E-state index in [1.807, 2.05) is 30.5 Å². The van der Waals surface area contributed by atoms with Gasteiger partial charge in [-0.25, -0.2) is 4.98 Å². The van der Waals surface area contributed by atoms with Gasteiger partial charge in [-0.3, -0.25) is 14.0 Å². The first-order chi connectivity index (χ1) is 10.3. The van der Waals surface area contributed by atoms with E-state index in [0.717, 1.165) is 11.2 Å². The van der Waals surface area contributed by atoms with E-state index in [0.29, 0.717) is 24.4 Å². The van der Waals surface area contributed by atoms with Crippen LogP contribution in [0, 0.1) is 0 Å². The highest BCUT2D eigenvalue weighted by atomic mass is 16.1. The number of aromatic nitrogens is 5. The van der Waals surface area contributed by atoms with Crippen LogP contribution < -0.4 is 5.56 Å². The lowest BCUT2D eigenvalue weighted by molar-refractivity contribution is 0.509. The Morgan fingerprint density at radius 1 is 1.19 bits per heavy atom. The molecular formula is C15H15N5O. The van der Waals surface area contributed by atoms with E-state index in [1.165, 1.54) is 12.8 Å². The average Bonchev–Trinajstić information content (AvgIpc) is 3.26. The number of aryl methyl sites for hydroxylation is 2. The first kappa shape index (κ1) is 12.3. The molecule has 1 aromatic carbocycles. The third kappa shape index (κ3) is 2.33. The number of rotatable bonds is 4. The van der Waals surface area contributed by atoms with Crippen LogP contribution in [-0.4, -0.2) is 24.5 Å². The number of para-hydroxylation sites is 1. The van der Waals surface area contributed by atoms with Crippen LogP contribution in [0.15, 0.2) is 41.6 Å². The van der Waals surface area contributed by atoms with Crippen molar-refractivity contribution in [2.75, 3.05) is 0 Å². The molecule has 4 rings (SSSR count).